The summed E-state index contributed by atoms with van der Waals surface area (Å²) in [6.45, 7) is 0. The lowest BCUT2D eigenvalue weighted by atomic mass is 10.0. The summed E-state index contributed by atoms with van der Waals surface area (Å²) in [6.07, 6.45) is 4.80. The third-order valence-electron chi connectivity index (χ3n) is 1.73. The normalized spacial score (nSPS) is 10.1. The van der Waals surface area contributed by atoms with Gasteiger partial charge in [-0.25, -0.2) is 9.59 Å². The van der Waals surface area contributed by atoms with Gasteiger partial charge in [0.25, 0.3) is 5.60 Å². The Morgan fingerprint density at radius 2 is 1.64 bits per heavy atom. The molecule has 0 saturated heterocycles. The van der Waals surface area contributed by atoms with E-state index in [-0.39, 0.29) is 6.42 Å². The minimum absolute atomic E-state index is 0.233. The first-order valence-corrected chi connectivity index (χ1v) is 3.74. The van der Waals surface area contributed by atoms with Crippen LogP contribution in [0.2, 0.25) is 0 Å². The second-order valence-corrected chi connectivity index (χ2v) is 2.40. The van der Waals surface area contributed by atoms with Gasteiger partial charge < -0.3 is 14.2 Å². The molecule has 0 aliphatic rings. The Labute approximate surface area is 82.3 Å². The van der Waals surface area contributed by atoms with E-state index in [1.54, 1.807) is 0 Å². The van der Waals surface area contributed by atoms with Gasteiger partial charge in [-0.15, -0.1) is 12.3 Å². The highest BCUT2D eigenvalue weighted by Crippen LogP contribution is 2.18. The van der Waals surface area contributed by atoms with Gasteiger partial charge in [0, 0.05) is 7.11 Å². The Kier molecular flexibility index (Phi) is 4.67. The standard InChI is InChI=1S/C9H12O5/c1-5-6-9(14-4,7(10)12-2)8(11)13-3/h1H,6H2,2-4H3. The lowest BCUT2D eigenvalue weighted by Gasteiger charge is -2.24. The molecule has 78 valence electrons. The van der Waals surface area contributed by atoms with E-state index in [0.29, 0.717) is 0 Å². The molecule has 0 fully saturated rings. The van der Waals surface area contributed by atoms with Gasteiger partial charge >= 0.3 is 11.9 Å². The minimum Gasteiger partial charge on any atom is -0.466 e. The molecule has 0 rings (SSSR count). The number of carbonyl (C=O) groups excluding carboxylic acids is 2. The summed E-state index contributed by atoms with van der Waals surface area (Å²) in [4.78, 5) is 22.6. The number of esters is 2. The molecule has 0 atom stereocenters. The van der Waals surface area contributed by atoms with E-state index >= 15 is 0 Å². The highest BCUT2D eigenvalue weighted by atomic mass is 16.6. The lowest BCUT2D eigenvalue weighted by molar-refractivity contribution is -0.183. The fraction of sp³-hybridized carbons (Fsp3) is 0.556. The average Bonchev–Trinajstić information content (AvgIpc) is 2.23. The number of hydrogen-bond donors (Lipinski definition) is 0. The van der Waals surface area contributed by atoms with Gasteiger partial charge in [0.05, 0.1) is 20.6 Å². The van der Waals surface area contributed by atoms with E-state index in [1.807, 2.05) is 0 Å². The van der Waals surface area contributed by atoms with Crippen LogP contribution in [0.25, 0.3) is 0 Å². The van der Waals surface area contributed by atoms with Crippen LogP contribution in [0.3, 0.4) is 0 Å². The first-order chi connectivity index (χ1) is 6.58. The van der Waals surface area contributed by atoms with E-state index < -0.39 is 17.5 Å². The second-order valence-electron chi connectivity index (χ2n) is 2.40. The van der Waals surface area contributed by atoms with Gasteiger partial charge in [0.2, 0.25) is 0 Å². The third kappa shape index (κ3) is 2.03. The molecule has 0 saturated carbocycles. The molecule has 14 heavy (non-hydrogen) atoms. The van der Waals surface area contributed by atoms with Crippen molar-refractivity contribution in [2.45, 2.75) is 12.0 Å². The summed E-state index contributed by atoms with van der Waals surface area (Å²) in [5, 5.41) is 0. The molecule has 0 aliphatic heterocycles. The Hall–Kier alpha value is -1.54. The largest absolute Gasteiger partial charge is 0.466 e. The van der Waals surface area contributed by atoms with E-state index in [4.69, 9.17) is 11.2 Å². The zero-order valence-corrected chi connectivity index (χ0v) is 8.33. The summed E-state index contributed by atoms with van der Waals surface area (Å²) in [5.74, 6) is 0.422. The monoisotopic (exact) mass is 200 g/mol. The molecule has 5 nitrogen and oxygen atoms in total. The van der Waals surface area contributed by atoms with Gasteiger partial charge in [-0.2, -0.15) is 0 Å². The molecule has 0 heterocycles. The number of terminal acetylenes is 1. The maximum atomic E-state index is 11.3. The van der Waals surface area contributed by atoms with Crippen LogP contribution in [0, 0.1) is 12.3 Å². The van der Waals surface area contributed by atoms with Crippen LogP contribution in [-0.2, 0) is 23.8 Å². The number of hydrogen-bond acceptors (Lipinski definition) is 5. The van der Waals surface area contributed by atoms with E-state index in [9.17, 15) is 9.59 Å². The molecular weight excluding hydrogens is 188 g/mol. The summed E-state index contributed by atoms with van der Waals surface area (Å²) in [6, 6.07) is 0. The van der Waals surface area contributed by atoms with Crippen molar-refractivity contribution in [3.05, 3.63) is 0 Å². The van der Waals surface area contributed by atoms with Crippen LogP contribution in [0.15, 0.2) is 0 Å². The number of methoxy groups -OCH3 is 3. The van der Waals surface area contributed by atoms with Crippen molar-refractivity contribution in [3.63, 3.8) is 0 Å². The van der Waals surface area contributed by atoms with Gasteiger partial charge in [-0.05, 0) is 0 Å². The Bertz CT molecular complexity index is 247. The fourth-order valence-corrected chi connectivity index (χ4v) is 0.940. The van der Waals surface area contributed by atoms with Crippen LogP contribution in [0.4, 0.5) is 0 Å². The maximum Gasteiger partial charge on any atom is 0.351 e. The van der Waals surface area contributed by atoms with Gasteiger partial charge in [-0.1, -0.05) is 0 Å². The van der Waals surface area contributed by atoms with Crippen LogP contribution in [0.1, 0.15) is 6.42 Å². The molecule has 0 amide bonds. The fourth-order valence-electron chi connectivity index (χ4n) is 0.940. The molecule has 0 spiro atoms. The molecule has 0 aromatic rings. The highest BCUT2D eigenvalue weighted by molar-refractivity contribution is 6.03. The lowest BCUT2D eigenvalue weighted by Crippen LogP contribution is -2.49. The molecule has 0 aromatic heterocycles. The smallest absolute Gasteiger partial charge is 0.351 e. The summed E-state index contributed by atoms with van der Waals surface area (Å²) >= 11 is 0. The Morgan fingerprint density at radius 1 is 1.21 bits per heavy atom. The van der Waals surface area contributed by atoms with E-state index in [0.717, 1.165) is 14.2 Å². The number of carbonyl (C=O) groups is 2. The quantitative estimate of drug-likeness (QED) is 0.355. The van der Waals surface area contributed by atoms with Crippen LogP contribution < -0.4 is 0 Å². The van der Waals surface area contributed by atoms with Gasteiger partial charge in [-0.3, -0.25) is 0 Å². The van der Waals surface area contributed by atoms with Crippen molar-refractivity contribution < 1.29 is 23.8 Å². The molecular formula is C9H12O5. The van der Waals surface area contributed by atoms with Crippen molar-refractivity contribution in [1.82, 2.24) is 0 Å². The predicted molar refractivity (Wildman–Crippen MR) is 47.2 cm³/mol. The molecule has 0 aliphatic carbocycles. The van der Waals surface area contributed by atoms with Crippen molar-refractivity contribution in [1.29, 1.82) is 0 Å². The van der Waals surface area contributed by atoms with Crippen LogP contribution in [-0.4, -0.2) is 38.9 Å². The molecule has 5 heteroatoms. The van der Waals surface area contributed by atoms with Gasteiger partial charge in [0.15, 0.2) is 0 Å². The van der Waals surface area contributed by atoms with E-state index in [2.05, 4.69) is 15.4 Å². The molecule has 0 aromatic carbocycles. The third-order valence-corrected chi connectivity index (χ3v) is 1.73. The molecule has 0 radical (unpaired) electrons. The second kappa shape index (κ2) is 5.25. The van der Waals surface area contributed by atoms with Crippen LogP contribution >= 0.6 is 0 Å². The highest BCUT2D eigenvalue weighted by Gasteiger charge is 2.48. The average molecular weight is 200 g/mol. The van der Waals surface area contributed by atoms with Crippen molar-refractivity contribution >= 4 is 11.9 Å². The summed E-state index contributed by atoms with van der Waals surface area (Å²) in [5.41, 5.74) is -1.85. The minimum atomic E-state index is -1.85. The first kappa shape index (κ1) is 12.5. The van der Waals surface area contributed by atoms with E-state index in [1.165, 1.54) is 7.11 Å². The summed E-state index contributed by atoms with van der Waals surface area (Å²) in [7, 11) is 3.45. The first-order valence-electron chi connectivity index (χ1n) is 3.74. The number of rotatable bonds is 4. The van der Waals surface area contributed by atoms with Gasteiger partial charge in [0.1, 0.15) is 0 Å². The van der Waals surface area contributed by atoms with Crippen LogP contribution in [0.5, 0.6) is 0 Å². The molecule has 0 N–H and O–H groups in total. The maximum absolute atomic E-state index is 11.3. The Balaban J connectivity index is 5.09. The van der Waals surface area contributed by atoms with Crippen molar-refractivity contribution in [2.24, 2.45) is 0 Å². The van der Waals surface area contributed by atoms with Crippen molar-refractivity contribution in [2.75, 3.05) is 21.3 Å². The predicted octanol–water partition coefficient (Wildman–Crippen LogP) is -0.259. The Morgan fingerprint density at radius 3 is 1.86 bits per heavy atom. The topological polar surface area (TPSA) is 61.8 Å². The summed E-state index contributed by atoms with van der Waals surface area (Å²) < 4.78 is 13.6. The molecule has 0 unspecified atom stereocenters. The zero-order chi connectivity index (χ0) is 11.2. The van der Waals surface area contributed by atoms with Crippen molar-refractivity contribution in [3.8, 4) is 12.3 Å². The number of ether oxygens (including phenoxy) is 3. The zero-order valence-electron chi connectivity index (χ0n) is 8.33. The molecule has 0 bridgehead atoms. The SMILES string of the molecule is C#CCC(OC)(C(=O)OC)C(=O)OC.